The van der Waals surface area contributed by atoms with Crippen molar-refractivity contribution in [3.8, 4) is 5.75 Å². The van der Waals surface area contributed by atoms with Gasteiger partial charge in [0.15, 0.2) is 0 Å². The van der Waals surface area contributed by atoms with E-state index >= 15 is 0 Å². The Hall–Kier alpha value is -2.11. The molecule has 1 N–H and O–H groups in total. The number of nitro groups is 1. The molecule has 0 aliphatic rings. The molecule has 6 heteroatoms. The Bertz CT molecular complexity index is 472. The fourth-order valence-electron chi connectivity index (χ4n) is 1.35. The van der Waals surface area contributed by atoms with Gasteiger partial charge >= 0.3 is 0 Å². The van der Waals surface area contributed by atoms with Crippen LogP contribution in [-0.2, 0) is 4.79 Å². The number of carbonyl (C=O) groups excluding carboxylic acids is 1. The number of rotatable bonds is 6. The SMILES string of the molecule is CCCOc1ccc(NC(=O)C(C)C)c([N+](=O)[O-])c1. The summed E-state index contributed by atoms with van der Waals surface area (Å²) >= 11 is 0. The number of nitrogens with zero attached hydrogens (tertiary/aromatic N) is 1. The second-order valence-electron chi connectivity index (χ2n) is 4.43. The molecule has 19 heavy (non-hydrogen) atoms. The first-order valence-corrected chi connectivity index (χ1v) is 6.17. The Morgan fingerprint density at radius 3 is 2.68 bits per heavy atom. The molecular formula is C13H18N2O4. The van der Waals surface area contributed by atoms with E-state index in [1.54, 1.807) is 19.9 Å². The molecule has 0 aliphatic heterocycles. The zero-order valence-corrected chi connectivity index (χ0v) is 11.3. The predicted octanol–water partition coefficient (Wildman–Crippen LogP) is 2.98. The van der Waals surface area contributed by atoms with Crippen molar-refractivity contribution in [2.45, 2.75) is 27.2 Å². The highest BCUT2D eigenvalue weighted by atomic mass is 16.6. The molecule has 6 nitrogen and oxygen atoms in total. The lowest BCUT2D eigenvalue weighted by atomic mass is 10.2. The van der Waals surface area contributed by atoms with Crippen molar-refractivity contribution in [3.05, 3.63) is 28.3 Å². The summed E-state index contributed by atoms with van der Waals surface area (Å²) in [6.07, 6.45) is 0.819. The molecule has 1 amide bonds. The summed E-state index contributed by atoms with van der Waals surface area (Å²) in [5.41, 5.74) is 0.0233. The maximum Gasteiger partial charge on any atom is 0.296 e. The van der Waals surface area contributed by atoms with Crippen LogP contribution in [0.4, 0.5) is 11.4 Å². The number of nitrogens with one attached hydrogen (secondary N) is 1. The lowest BCUT2D eigenvalue weighted by molar-refractivity contribution is -0.384. The Labute approximate surface area is 111 Å². The minimum absolute atomic E-state index is 0.164. The zero-order valence-electron chi connectivity index (χ0n) is 11.3. The smallest absolute Gasteiger partial charge is 0.296 e. The number of carbonyl (C=O) groups is 1. The number of amides is 1. The monoisotopic (exact) mass is 266 g/mol. The van der Waals surface area contributed by atoms with Crippen LogP contribution in [0.2, 0.25) is 0 Å². The molecule has 0 bridgehead atoms. The van der Waals surface area contributed by atoms with Crippen LogP contribution >= 0.6 is 0 Å². The Kier molecular flexibility index (Phi) is 5.29. The number of hydrogen-bond acceptors (Lipinski definition) is 4. The maximum atomic E-state index is 11.6. The van der Waals surface area contributed by atoms with Gasteiger partial charge < -0.3 is 10.1 Å². The van der Waals surface area contributed by atoms with E-state index in [9.17, 15) is 14.9 Å². The van der Waals surface area contributed by atoms with Crippen LogP contribution in [0.15, 0.2) is 18.2 Å². The minimum atomic E-state index is -0.533. The van der Waals surface area contributed by atoms with Crippen molar-refractivity contribution in [2.24, 2.45) is 5.92 Å². The van der Waals surface area contributed by atoms with Gasteiger partial charge in [-0.15, -0.1) is 0 Å². The first-order valence-electron chi connectivity index (χ1n) is 6.17. The maximum absolute atomic E-state index is 11.6. The van der Waals surface area contributed by atoms with Gasteiger partial charge in [-0.1, -0.05) is 20.8 Å². The molecule has 1 aromatic rings. The van der Waals surface area contributed by atoms with Crippen LogP contribution < -0.4 is 10.1 Å². The van der Waals surface area contributed by atoms with Crippen LogP contribution in [0.3, 0.4) is 0 Å². The van der Waals surface area contributed by atoms with E-state index in [2.05, 4.69) is 5.32 Å². The van der Waals surface area contributed by atoms with Gasteiger partial charge in [0, 0.05) is 5.92 Å². The standard InChI is InChI=1S/C13H18N2O4/c1-4-7-19-10-5-6-11(12(8-10)15(17)18)14-13(16)9(2)3/h5-6,8-9H,4,7H2,1-3H3,(H,14,16). The van der Waals surface area contributed by atoms with E-state index in [1.165, 1.54) is 12.1 Å². The molecular weight excluding hydrogens is 248 g/mol. The second kappa shape index (κ2) is 6.72. The molecule has 0 fully saturated rings. The van der Waals surface area contributed by atoms with Crippen molar-refractivity contribution >= 4 is 17.3 Å². The fourth-order valence-corrected chi connectivity index (χ4v) is 1.35. The molecule has 0 atom stereocenters. The van der Waals surface area contributed by atoms with Gasteiger partial charge in [0.25, 0.3) is 5.69 Å². The van der Waals surface area contributed by atoms with Gasteiger partial charge in [0.05, 0.1) is 17.6 Å². The van der Waals surface area contributed by atoms with Gasteiger partial charge in [0.2, 0.25) is 5.91 Å². The number of nitro benzene ring substituents is 1. The molecule has 0 radical (unpaired) electrons. The third kappa shape index (κ3) is 4.24. The predicted molar refractivity (Wildman–Crippen MR) is 72.4 cm³/mol. The Morgan fingerprint density at radius 2 is 2.16 bits per heavy atom. The van der Waals surface area contributed by atoms with Crippen molar-refractivity contribution in [3.63, 3.8) is 0 Å². The second-order valence-corrected chi connectivity index (χ2v) is 4.43. The summed E-state index contributed by atoms with van der Waals surface area (Å²) in [4.78, 5) is 22.0. The minimum Gasteiger partial charge on any atom is -0.493 e. The summed E-state index contributed by atoms with van der Waals surface area (Å²) in [6, 6.07) is 4.42. The number of anilines is 1. The van der Waals surface area contributed by atoms with Gasteiger partial charge in [-0.25, -0.2) is 0 Å². The highest BCUT2D eigenvalue weighted by Crippen LogP contribution is 2.29. The Balaban J connectivity index is 2.98. The lowest BCUT2D eigenvalue weighted by Crippen LogP contribution is -2.18. The molecule has 1 rings (SSSR count). The van der Waals surface area contributed by atoms with Crippen LogP contribution in [-0.4, -0.2) is 17.4 Å². The van der Waals surface area contributed by atoms with Crippen LogP contribution in [0.25, 0.3) is 0 Å². The van der Waals surface area contributed by atoms with Crippen molar-refractivity contribution in [2.75, 3.05) is 11.9 Å². The number of hydrogen-bond donors (Lipinski definition) is 1. The molecule has 0 spiro atoms. The molecule has 0 saturated carbocycles. The molecule has 0 saturated heterocycles. The molecule has 104 valence electrons. The van der Waals surface area contributed by atoms with Gasteiger partial charge in [-0.2, -0.15) is 0 Å². The van der Waals surface area contributed by atoms with Crippen LogP contribution in [0.5, 0.6) is 5.75 Å². The fraction of sp³-hybridized carbons (Fsp3) is 0.462. The average Bonchev–Trinajstić information content (AvgIpc) is 2.37. The van der Waals surface area contributed by atoms with E-state index in [1.807, 2.05) is 6.92 Å². The third-order valence-corrected chi connectivity index (χ3v) is 2.42. The first kappa shape index (κ1) is 14.9. The first-order chi connectivity index (χ1) is 8.95. The summed E-state index contributed by atoms with van der Waals surface area (Å²) in [5, 5.41) is 13.5. The summed E-state index contributed by atoms with van der Waals surface area (Å²) in [7, 11) is 0. The largest absolute Gasteiger partial charge is 0.493 e. The van der Waals surface area contributed by atoms with Crippen LogP contribution in [0.1, 0.15) is 27.2 Å². The van der Waals surface area contributed by atoms with Crippen molar-refractivity contribution < 1.29 is 14.5 Å². The highest BCUT2D eigenvalue weighted by Gasteiger charge is 2.18. The van der Waals surface area contributed by atoms with Crippen LogP contribution in [0, 0.1) is 16.0 Å². The Morgan fingerprint density at radius 1 is 1.47 bits per heavy atom. The van der Waals surface area contributed by atoms with Gasteiger partial charge in [-0.3, -0.25) is 14.9 Å². The average molecular weight is 266 g/mol. The summed E-state index contributed by atoms with van der Waals surface area (Å²) in [5.74, 6) is -0.0722. The van der Waals surface area contributed by atoms with E-state index in [0.717, 1.165) is 6.42 Å². The third-order valence-electron chi connectivity index (χ3n) is 2.42. The number of benzene rings is 1. The summed E-state index contributed by atoms with van der Waals surface area (Å²) in [6.45, 7) is 5.89. The highest BCUT2D eigenvalue weighted by molar-refractivity contribution is 5.94. The molecule has 0 aromatic heterocycles. The molecule has 0 unspecified atom stereocenters. The number of ether oxygens (including phenoxy) is 1. The lowest BCUT2D eigenvalue weighted by Gasteiger charge is -2.10. The van der Waals surface area contributed by atoms with E-state index < -0.39 is 4.92 Å². The molecule has 0 heterocycles. The molecule has 1 aromatic carbocycles. The zero-order chi connectivity index (χ0) is 14.4. The molecule has 0 aliphatic carbocycles. The van der Waals surface area contributed by atoms with Crippen molar-refractivity contribution in [1.29, 1.82) is 0 Å². The van der Waals surface area contributed by atoms with Crippen molar-refractivity contribution in [1.82, 2.24) is 0 Å². The van der Waals surface area contributed by atoms with E-state index in [4.69, 9.17) is 4.74 Å². The quantitative estimate of drug-likeness (QED) is 0.634. The topological polar surface area (TPSA) is 81.5 Å². The van der Waals surface area contributed by atoms with Gasteiger partial charge in [0.1, 0.15) is 11.4 Å². The normalized spacial score (nSPS) is 10.3. The summed E-state index contributed by atoms with van der Waals surface area (Å²) < 4.78 is 5.34. The van der Waals surface area contributed by atoms with E-state index in [-0.39, 0.29) is 23.2 Å². The van der Waals surface area contributed by atoms with Gasteiger partial charge in [-0.05, 0) is 18.6 Å². The van der Waals surface area contributed by atoms with E-state index in [0.29, 0.717) is 12.4 Å².